The molecular weight excluding hydrogens is 297 g/mol. The van der Waals surface area contributed by atoms with E-state index in [9.17, 15) is 8.42 Å². The van der Waals surface area contributed by atoms with E-state index in [4.69, 9.17) is 27.9 Å². The summed E-state index contributed by atoms with van der Waals surface area (Å²) in [5.41, 5.74) is 0.795. The zero-order valence-electron chi connectivity index (χ0n) is 10.2. The molecule has 1 aromatic carbocycles. The summed E-state index contributed by atoms with van der Waals surface area (Å²) in [6, 6.07) is 3.30. The Kier molecular flexibility index (Phi) is 5.72. The van der Waals surface area contributed by atoms with Gasteiger partial charge in [0.05, 0.1) is 10.8 Å². The molecule has 0 saturated heterocycles. The molecule has 0 aliphatic heterocycles. The van der Waals surface area contributed by atoms with Gasteiger partial charge in [-0.3, -0.25) is 0 Å². The minimum absolute atomic E-state index is 0.0506. The Morgan fingerprint density at radius 2 is 2.00 bits per heavy atom. The fourth-order valence-corrected chi connectivity index (χ4v) is 2.37. The molecule has 1 rings (SSSR count). The lowest BCUT2D eigenvalue weighted by molar-refractivity contribution is 0.337. The summed E-state index contributed by atoms with van der Waals surface area (Å²) >= 11 is 11.9. The lowest BCUT2D eigenvalue weighted by atomic mass is 10.2. The summed E-state index contributed by atoms with van der Waals surface area (Å²) in [6.07, 6.45) is 1.16. The van der Waals surface area contributed by atoms with E-state index in [1.807, 2.05) is 0 Å². The van der Waals surface area contributed by atoms with Gasteiger partial charge in [0.15, 0.2) is 9.84 Å². The second-order valence-corrected chi connectivity index (χ2v) is 6.99. The number of halogens is 2. The highest BCUT2D eigenvalue weighted by Gasteiger charge is 2.11. The molecule has 0 spiro atoms. The molecule has 0 aliphatic rings. The summed E-state index contributed by atoms with van der Waals surface area (Å²) < 4.78 is 27.5. The second kappa shape index (κ2) is 6.61. The maximum Gasteiger partial charge on any atom is 0.150 e. The summed E-state index contributed by atoms with van der Waals surface area (Å²) in [7, 11) is -1.26. The van der Waals surface area contributed by atoms with E-state index in [2.05, 4.69) is 5.32 Å². The molecule has 0 atom stereocenters. The van der Waals surface area contributed by atoms with Gasteiger partial charge < -0.3 is 10.1 Å². The minimum Gasteiger partial charge on any atom is -0.491 e. The van der Waals surface area contributed by atoms with Gasteiger partial charge in [-0.2, -0.15) is 0 Å². The van der Waals surface area contributed by atoms with Gasteiger partial charge in [-0.05, 0) is 19.2 Å². The number of hydrogen-bond donors (Lipinski definition) is 1. The van der Waals surface area contributed by atoms with E-state index in [1.165, 1.54) is 0 Å². The Labute approximate surface area is 117 Å². The maximum absolute atomic E-state index is 11.0. The molecule has 0 bridgehead atoms. The molecule has 0 aliphatic carbocycles. The number of sulfone groups is 1. The van der Waals surface area contributed by atoms with Gasteiger partial charge in [0.1, 0.15) is 12.4 Å². The Morgan fingerprint density at radius 1 is 1.33 bits per heavy atom. The molecular formula is C11H15Cl2NO3S. The summed E-state index contributed by atoms with van der Waals surface area (Å²) in [5, 5.41) is 3.86. The molecule has 18 heavy (non-hydrogen) atoms. The highest BCUT2D eigenvalue weighted by atomic mass is 35.5. The van der Waals surface area contributed by atoms with Crippen LogP contribution >= 0.6 is 23.2 Å². The van der Waals surface area contributed by atoms with E-state index in [0.717, 1.165) is 11.8 Å². The summed E-state index contributed by atoms with van der Waals surface area (Å²) in [6.45, 7) is 0.603. The summed E-state index contributed by atoms with van der Waals surface area (Å²) in [4.78, 5) is 0. The number of hydrogen-bond acceptors (Lipinski definition) is 4. The quantitative estimate of drug-likeness (QED) is 0.874. The smallest absolute Gasteiger partial charge is 0.150 e. The highest BCUT2D eigenvalue weighted by Crippen LogP contribution is 2.32. The zero-order valence-corrected chi connectivity index (χ0v) is 12.5. The number of rotatable bonds is 6. The van der Waals surface area contributed by atoms with Gasteiger partial charge in [0, 0.05) is 23.4 Å². The topological polar surface area (TPSA) is 55.4 Å². The van der Waals surface area contributed by atoms with Crippen LogP contribution < -0.4 is 10.1 Å². The van der Waals surface area contributed by atoms with E-state index < -0.39 is 9.84 Å². The molecule has 1 N–H and O–H groups in total. The van der Waals surface area contributed by atoms with Crippen LogP contribution in [0.15, 0.2) is 12.1 Å². The van der Waals surface area contributed by atoms with Crippen LogP contribution in [0.3, 0.4) is 0 Å². The van der Waals surface area contributed by atoms with Crippen LogP contribution in [0.2, 0.25) is 10.0 Å². The van der Waals surface area contributed by atoms with E-state index in [0.29, 0.717) is 22.3 Å². The highest BCUT2D eigenvalue weighted by molar-refractivity contribution is 7.90. The first-order valence-electron chi connectivity index (χ1n) is 5.26. The monoisotopic (exact) mass is 311 g/mol. The Bertz CT molecular complexity index is 517. The van der Waals surface area contributed by atoms with Crippen molar-refractivity contribution in [2.24, 2.45) is 0 Å². The predicted octanol–water partition coefficient (Wildman–Crippen LogP) is 2.14. The standard InChI is InChI=1S/C11H15Cl2NO3S/c1-14-7-8-5-9(12)6-10(13)11(8)17-3-4-18(2,15)16/h5-6,14H,3-4,7H2,1-2H3. The molecule has 7 heteroatoms. The average molecular weight is 312 g/mol. The molecule has 0 radical (unpaired) electrons. The number of nitrogens with one attached hydrogen (secondary N) is 1. The van der Waals surface area contributed by atoms with Crippen molar-refractivity contribution in [3.05, 3.63) is 27.7 Å². The molecule has 1 aromatic rings. The van der Waals surface area contributed by atoms with Crippen LogP contribution in [-0.2, 0) is 16.4 Å². The largest absolute Gasteiger partial charge is 0.491 e. The third kappa shape index (κ3) is 5.02. The normalized spacial score (nSPS) is 11.6. The van der Waals surface area contributed by atoms with Crippen molar-refractivity contribution >= 4 is 33.0 Å². The van der Waals surface area contributed by atoms with Crippen LogP contribution in [0.5, 0.6) is 5.75 Å². The van der Waals surface area contributed by atoms with Gasteiger partial charge in [0.2, 0.25) is 0 Å². The first-order valence-corrected chi connectivity index (χ1v) is 8.08. The Morgan fingerprint density at radius 3 is 2.56 bits per heavy atom. The lowest BCUT2D eigenvalue weighted by Crippen LogP contribution is -2.14. The van der Waals surface area contributed by atoms with Crippen LogP contribution in [0.1, 0.15) is 5.56 Å². The third-order valence-corrected chi connectivity index (χ3v) is 3.56. The Balaban J connectivity index is 2.86. The van der Waals surface area contributed by atoms with Crippen LogP contribution in [0.25, 0.3) is 0 Å². The second-order valence-electron chi connectivity index (χ2n) is 3.88. The predicted molar refractivity (Wildman–Crippen MR) is 74.4 cm³/mol. The van der Waals surface area contributed by atoms with Gasteiger partial charge in [0.25, 0.3) is 0 Å². The third-order valence-electron chi connectivity index (χ3n) is 2.15. The number of ether oxygens (including phenoxy) is 1. The molecule has 0 unspecified atom stereocenters. The van der Waals surface area contributed by atoms with Crippen molar-refractivity contribution in [1.82, 2.24) is 5.32 Å². The van der Waals surface area contributed by atoms with Gasteiger partial charge in [-0.1, -0.05) is 23.2 Å². The molecule has 102 valence electrons. The van der Waals surface area contributed by atoms with Crippen molar-refractivity contribution in [2.75, 3.05) is 25.7 Å². The minimum atomic E-state index is -3.05. The summed E-state index contributed by atoms with van der Waals surface area (Å²) in [5.74, 6) is 0.421. The lowest BCUT2D eigenvalue weighted by Gasteiger charge is -2.13. The van der Waals surface area contributed by atoms with E-state index in [-0.39, 0.29) is 12.4 Å². The first kappa shape index (κ1) is 15.6. The fraction of sp³-hybridized carbons (Fsp3) is 0.455. The van der Waals surface area contributed by atoms with Gasteiger partial charge in [-0.25, -0.2) is 8.42 Å². The Hall–Kier alpha value is -0.490. The van der Waals surface area contributed by atoms with Gasteiger partial charge >= 0.3 is 0 Å². The van der Waals surface area contributed by atoms with Crippen molar-refractivity contribution in [3.8, 4) is 5.75 Å². The fourth-order valence-electron chi connectivity index (χ4n) is 1.39. The van der Waals surface area contributed by atoms with E-state index >= 15 is 0 Å². The molecule has 0 saturated carbocycles. The van der Waals surface area contributed by atoms with Crippen molar-refractivity contribution in [3.63, 3.8) is 0 Å². The van der Waals surface area contributed by atoms with Crippen molar-refractivity contribution in [1.29, 1.82) is 0 Å². The van der Waals surface area contributed by atoms with E-state index in [1.54, 1.807) is 19.2 Å². The van der Waals surface area contributed by atoms with Crippen LogP contribution in [0.4, 0.5) is 0 Å². The molecule has 4 nitrogen and oxygen atoms in total. The van der Waals surface area contributed by atoms with Crippen LogP contribution in [0, 0.1) is 0 Å². The number of benzene rings is 1. The van der Waals surface area contributed by atoms with Gasteiger partial charge in [-0.15, -0.1) is 0 Å². The zero-order chi connectivity index (χ0) is 13.8. The maximum atomic E-state index is 11.0. The first-order chi connectivity index (χ1) is 8.33. The average Bonchev–Trinajstić information content (AvgIpc) is 2.20. The molecule has 0 amide bonds. The molecule has 0 aromatic heterocycles. The van der Waals surface area contributed by atoms with Crippen molar-refractivity contribution in [2.45, 2.75) is 6.54 Å². The SMILES string of the molecule is CNCc1cc(Cl)cc(Cl)c1OCCS(C)(=O)=O. The van der Waals surface area contributed by atoms with Crippen LogP contribution in [-0.4, -0.2) is 34.1 Å². The molecule has 0 heterocycles. The van der Waals surface area contributed by atoms with Crippen molar-refractivity contribution < 1.29 is 13.2 Å². The molecule has 0 fully saturated rings.